The molecular weight excluding hydrogens is 202 g/mol. The average Bonchev–Trinajstić information content (AvgIpc) is 2.85. The summed E-state index contributed by atoms with van der Waals surface area (Å²) in [5.41, 5.74) is 8.09. The molecule has 7 heteroatoms. The monoisotopic (exact) mass is 207 g/mol. The molecule has 0 saturated heterocycles. The number of hydrogen-bond acceptors (Lipinski definition) is 5. The van der Waals surface area contributed by atoms with Crippen molar-refractivity contribution in [3.05, 3.63) is 33.8 Å². The normalized spacial score (nSPS) is 9.71. The molecule has 6 nitrogen and oxygen atoms in total. The van der Waals surface area contributed by atoms with Gasteiger partial charge in [-0.2, -0.15) is 4.98 Å². The summed E-state index contributed by atoms with van der Waals surface area (Å²) in [5.74, 6) is 0.856. The Balaban J connectivity index is 2.22. The van der Waals surface area contributed by atoms with Crippen molar-refractivity contribution in [3.8, 4) is 10.7 Å². The van der Waals surface area contributed by atoms with Crippen LogP contribution in [0.15, 0.2) is 27.2 Å². The molecule has 2 rings (SSSR count). The van der Waals surface area contributed by atoms with E-state index in [1.54, 1.807) is 0 Å². The summed E-state index contributed by atoms with van der Waals surface area (Å²) in [5, 5.41) is 9.01. The minimum absolute atomic E-state index is 0.0921. The molecule has 0 aromatic carbocycles. The molecule has 0 spiro atoms. The van der Waals surface area contributed by atoms with Crippen LogP contribution in [0.1, 0.15) is 5.89 Å². The number of rotatable bonds is 3. The number of hydrogen-bond donors (Lipinski definition) is 0. The van der Waals surface area contributed by atoms with Gasteiger partial charge in [0.2, 0.25) is 11.7 Å². The van der Waals surface area contributed by atoms with Crippen LogP contribution in [-0.4, -0.2) is 10.1 Å². The smallest absolute Gasteiger partial charge is 0.232 e. The Morgan fingerprint density at radius 3 is 3.29 bits per heavy atom. The summed E-state index contributed by atoms with van der Waals surface area (Å²) in [6, 6.07) is 3.80. The first-order valence-electron chi connectivity index (χ1n) is 3.77. The predicted molar refractivity (Wildman–Crippen MR) is 50.5 cm³/mol. The largest absolute Gasteiger partial charge is 0.339 e. The summed E-state index contributed by atoms with van der Waals surface area (Å²) >= 11 is 1.52. The van der Waals surface area contributed by atoms with Crippen LogP contribution in [0.4, 0.5) is 0 Å². The molecule has 70 valence electrons. The topological polar surface area (TPSA) is 87.7 Å². The van der Waals surface area contributed by atoms with Gasteiger partial charge < -0.3 is 4.52 Å². The van der Waals surface area contributed by atoms with Crippen molar-refractivity contribution >= 4 is 11.3 Å². The molecule has 0 aliphatic rings. The highest BCUT2D eigenvalue weighted by Gasteiger charge is 2.07. The average molecular weight is 207 g/mol. The lowest BCUT2D eigenvalue weighted by molar-refractivity contribution is 0.380. The minimum atomic E-state index is 0.0921. The Morgan fingerprint density at radius 2 is 2.57 bits per heavy atom. The van der Waals surface area contributed by atoms with Crippen LogP contribution in [0.5, 0.6) is 0 Å². The third kappa shape index (κ3) is 1.73. The fourth-order valence-electron chi connectivity index (χ4n) is 0.917. The number of azide groups is 1. The van der Waals surface area contributed by atoms with Crippen molar-refractivity contribution in [3.63, 3.8) is 0 Å². The first-order chi connectivity index (χ1) is 6.90. The van der Waals surface area contributed by atoms with E-state index in [1.165, 1.54) is 11.3 Å². The van der Waals surface area contributed by atoms with Gasteiger partial charge in [0.1, 0.15) is 6.54 Å². The van der Waals surface area contributed by atoms with Crippen LogP contribution >= 0.6 is 11.3 Å². The van der Waals surface area contributed by atoms with E-state index < -0.39 is 0 Å². The summed E-state index contributed by atoms with van der Waals surface area (Å²) in [4.78, 5) is 7.59. The molecule has 14 heavy (non-hydrogen) atoms. The predicted octanol–water partition coefficient (Wildman–Crippen LogP) is 2.61. The van der Waals surface area contributed by atoms with Gasteiger partial charge in [-0.05, 0) is 17.0 Å². The standard InChI is InChI=1S/C7H5N5OS/c8-12-9-4-6-10-7(11-13-6)5-2-1-3-14-5/h1-3H,4H2. The Kier molecular flexibility index (Phi) is 2.44. The zero-order valence-electron chi connectivity index (χ0n) is 6.99. The maximum absolute atomic E-state index is 8.09. The minimum Gasteiger partial charge on any atom is -0.339 e. The van der Waals surface area contributed by atoms with Crippen molar-refractivity contribution in [1.29, 1.82) is 0 Å². The highest BCUT2D eigenvalue weighted by Crippen LogP contribution is 2.21. The van der Waals surface area contributed by atoms with Gasteiger partial charge in [-0.15, -0.1) is 11.3 Å². The van der Waals surface area contributed by atoms with Crippen molar-refractivity contribution in [2.45, 2.75) is 6.54 Å². The summed E-state index contributed by atoms with van der Waals surface area (Å²) in [6.45, 7) is 0.0921. The van der Waals surface area contributed by atoms with E-state index in [4.69, 9.17) is 10.1 Å². The van der Waals surface area contributed by atoms with Crippen molar-refractivity contribution in [2.24, 2.45) is 5.11 Å². The van der Waals surface area contributed by atoms with E-state index in [0.717, 1.165) is 4.88 Å². The first-order valence-corrected chi connectivity index (χ1v) is 4.65. The van der Waals surface area contributed by atoms with Gasteiger partial charge >= 0.3 is 0 Å². The van der Waals surface area contributed by atoms with Crippen LogP contribution in [0.25, 0.3) is 21.1 Å². The van der Waals surface area contributed by atoms with E-state index >= 15 is 0 Å². The summed E-state index contributed by atoms with van der Waals surface area (Å²) < 4.78 is 4.87. The second-order valence-corrected chi connectivity index (χ2v) is 3.33. The quantitative estimate of drug-likeness (QED) is 0.440. The van der Waals surface area contributed by atoms with Crippen LogP contribution in [0.2, 0.25) is 0 Å². The van der Waals surface area contributed by atoms with Gasteiger partial charge in [-0.3, -0.25) is 0 Å². The van der Waals surface area contributed by atoms with Crippen molar-refractivity contribution in [2.75, 3.05) is 0 Å². The van der Waals surface area contributed by atoms with E-state index in [-0.39, 0.29) is 6.54 Å². The first kappa shape index (κ1) is 8.74. The van der Waals surface area contributed by atoms with Gasteiger partial charge in [-0.1, -0.05) is 16.3 Å². The summed E-state index contributed by atoms with van der Waals surface area (Å²) in [6.07, 6.45) is 0. The zero-order valence-corrected chi connectivity index (χ0v) is 7.81. The molecule has 0 aliphatic carbocycles. The van der Waals surface area contributed by atoms with Gasteiger partial charge in [0.05, 0.1) is 4.88 Å². The second-order valence-electron chi connectivity index (χ2n) is 2.38. The zero-order chi connectivity index (χ0) is 9.80. The SMILES string of the molecule is [N-]=[N+]=NCc1nc(-c2cccs2)no1. The Hall–Kier alpha value is -1.85. The third-order valence-corrected chi connectivity index (χ3v) is 2.34. The Labute approximate surface area is 82.8 Å². The molecule has 0 saturated carbocycles. The molecule has 2 aromatic rings. The molecule has 2 heterocycles. The van der Waals surface area contributed by atoms with Gasteiger partial charge in [0.15, 0.2) is 0 Å². The molecule has 0 bridgehead atoms. The number of aromatic nitrogens is 2. The fourth-order valence-corrected chi connectivity index (χ4v) is 1.57. The molecule has 0 fully saturated rings. The molecule has 2 aromatic heterocycles. The van der Waals surface area contributed by atoms with Gasteiger partial charge in [-0.25, -0.2) is 0 Å². The molecular formula is C7H5N5OS. The lowest BCUT2D eigenvalue weighted by atomic mass is 10.4. The molecule has 0 N–H and O–H groups in total. The Bertz CT molecular complexity index is 456. The Morgan fingerprint density at radius 1 is 1.64 bits per heavy atom. The summed E-state index contributed by atoms with van der Waals surface area (Å²) in [7, 11) is 0. The molecule has 0 radical (unpaired) electrons. The lowest BCUT2D eigenvalue weighted by Gasteiger charge is -1.81. The fraction of sp³-hybridized carbons (Fsp3) is 0.143. The van der Waals surface area contributed by atoms with Crippen LogP contribution in [-0.2, 0) is 6.54 Å². The van der Waals surface area contributed by atoms with E-state index in [0.29, 0.717) is 11.7 Å². The maximum Gasteiger partial charge on any atom is 0.232 e. The van der Waals surface area contributed by atoms with Crippen LogP contribution in [0.3, 0.4) is 0 Å². The highest BCUT2D eigenvalue weighted by atomic mass is 32.1. The van der Waals surface area contributed by atoms with Crippen molar-refractivity contribution < 1.29 is 4.52 Å². The third-order valence-electron chi connectivity index (χ3n) is 1.48. The van der Waals surface area contributed by atoms with Crippen LogP contribution in [0, 0.1) is 0 Å². The number of thiophene rings is 1. The van der Waals surface area contributed by atoms with E-state index in [9.17, 15) is 0 Å². The maximum atomic E-state index is 8.09. The van der Waals surface area contributed by atoms with E-state index in [1.807, 2.05) is 17.5 Å². The van der Waals surface area contributed by atoms with Gasteiger partial charge in [0, 0.05) is 4.91 Å². The van der Waals surface area contributed by atoms with Gasteiger partial charge in [0.25, 0.3) is 0 Å². The van der Waals surface area contributed by atoms with E-state index in [2.05, 4.69) is 20.2 Å². The highest BCUT2D eigenvalue weighted by molar-refractivity contribution is 7.13. The molecule has 0 unspecified atom stereocenters. The molecule has 0 amide bonds. The van der Waals surface area contributed by atoms with Crippen LogP contribution < -0.4 is 0 Å². The number of nitrogens with zero attached hydrogens (tertiary/aromatic N) is 5. The second kappa shape index (κ2) is 3.91. The molecule has 0 atom stereocenters. The lowest BCUT2D eigenvalue weighted by Crippen LogP contribution is -1.79. The molecule has 0 aliphatic heterocycles. The van der Waals surface area contributed by atoms with Crippen molar-refractivity contribution in [1.82, 2.24) is 10.1 Å².